The maximum absolute atomic E-state index is 12.3. The van der Waals surface area contributed by atoms with E-state index >= 15 is 0 Å². The van der Waals surface area contributed by atoms with Crippen molar-refractivity contribution < 1.29 is 32.5 Å². The average molecular weight is 497 g/mol. The second-order valence-corrected chi connectivity index (χ2v) is 8.65. The van der Waals surface area contributed by atoms with Crippen LogP contribution in [0, 0.1) is 5.41 Å². The molecule has 0 spiro atoms. The van der Waals surface area contributed by atoms with Gasteiger partial charge < -0.3 is 19.6 Å². The fourth-order valence-electron chi connectivity index (χ4n) is 3.20. The molecule has 2 aromatic heterocycles. The first-order valence-electron chi connectivity index (χ1n) is 10.8. The number of rotatable bonds is 8. The Bertz CT molecular complexity index is 1330. The highest BCUT2D eigenvalue weighted by atomic mass is 19.4. The summed E-state index contributed by atoms with van der Waals surface area (Å²) >= 11 is 0. The maximum atomic E-state index is 12.3. The third-order valence-electron chi connectivity index (χ3n) is 5.34. The Morgan fingerprint density at radius 2 is 1.47 bits per heavy atom. The number of H-pyrrole nitrogens is 1. The molecule has 0 aliphatic carbocycles. The zero-order chi connectivity index (χ0) is 25.9. The monoisotopic (exact) mass is 497 g/mol. The topological polar surface area (TPSA) is 97.3 Å². The highest BCUT2D eigenvalue weighted by Gasteiger charge is 2.31. The first kappa shape index (κ1) is 24.8. The van der Waals surface area contributed by atoms with Crippen molar-refractivity contribution in [1.82, 2.24) is 15.0 Å². The Morgan fingerprint density at radius 1 is 0.861 bits per heavy atom. The predicted octanol–water partition coefficient (Wildman–Crippen LogP) is 6.19. The minimum Gasteiger partial charge on any atom is -0.492 e. The van der Waals surface area contributed by atoms with E-state index in [2.05, 4.69) is 19.7 Å². The molecule has 186 valence electrons. The van der Waals surface area contributed by atoms with Gasteiger partial charge in [-0.25, -0.2) is 4.98 Å². The summed E-state index contributed by atoms with van der Waals surface area (Å²) in [5.41, 5.74) is 2.61. The number of benzene rings is 2. The van der Waals surface area contributed by atoms with Crippen molar-refractivity contribution in [2.75, 3.05) is 6.61 Å². The van der Waals surface area contributed by atoms with Crippen LogP contribution in [0.25, 0.3) is 33.9 Å². The number of ether oxygens (including phenoxy) is 2. The Balaban J connectivity index is 1.42. The molecule has 0 amide bonds. The Kier molecular flexibility index (Phi) is 6.69. The summed E-state index contributed by atoms with van der Waals surface area (Å²) in [6, 6.07) is 16.4. The van der Waals surface area contributed by atoms with Gasteiger partial charge in [-0.1, -0.05) is 0 Å². The molecule has 4 rings (SSSR count). The number of aromatic nitrogens is 3. The number of imidazole rings is 1. The number of hydrogen-bond donors (Lipinski definition) is 2. The van der Waals surface area contributed by atoms with Crippen LogP contribution in [0.1, 0.15) is 13.8 Å². The molecule has 10 heteroatoms. The van der Waals surface area contributed by atoms with Crippen LogP contribution in [-0.4, -0.2) is 39.0 Å². The number of pyridine rings is 1. The minimum atomic E-state index is -4.74. The molecule has 0 radical (unpaired) electrons. The molecule has 0 aliphatic rings. The summed E-state index contributed by atoms with van der Waals surface area (Å²) < 4.78 is 46.5. The highest BCUT2D eigenvalue weighted by Crippen LogP contribution is 2.28. The third-order valence-corrected chi connectivity index (χ3v) is 5.34. The van der Waals surface area contributed by atoms with E-state index < -0.39 is 17.7 Å². The van der Waals surface area contributed by atoms with Crippen LogP contribution in [0.4, 0.5) is 13.2 Å². The molecule has 2 N–H and O–H groups in total. The first-order valence-corrected chi connectivity index (χ1v) is 10.8. The minimum absolute atomic E-state index is 0.0469. The van der Waals surface area contributed by atoms with Gasteiger partial charge in [-0.3, -0.25) is 9.78 Å². The van der Waals surface area contributed by atoms with Crippen LogP contribution in [0.2, 0.25) is 0 Å². The molecule has 0 aliphatic heterocycles. The van der Waals surface area contributed by atoms with E-state index in [0.717, 1.165) is 16.8 Å². The molecular formula is C26H22F3N3O4. The number of carboxylic acids is 1. The number of alkyl halides is 3. The molecule has 2 heterocycles. The molecule has 0 unspecified atom stereocenters. The molecule has 7 nitrogen and oxygen atoms in total. The number of hydrogen-bond acceptors (Lipinski definition) is 5. The zero-order valence-electron chi connectivity index (χ0n) is 19.3. The second kappa shape index (κ2) is 9.73. The van der Waals surface area contributed by atoms with E-state index in [1.165, 1.54) is 24.3 Å². The molecule has 0 bridgehead atoms. The lowest BCUT2D eigenvalue weighted by atomic mass is 9.95. The average Bonchev–Trinajstić information content (AvgIpc) is 3.33. The van der Waals surface area contributed by atoms with Crippen molar-refractivity contribution in [1.29, 1.82) is 0 Å². The molecule has 0 saturated heterocycles. The largest absolute Gasteiger partial charge is 0.573 e. The van der Waals surface area contributed by atoms with Crippen LogP contribution >= 0.6 is 0 Å². The normalized spacial score (nSPS) is 11.8. The summed E-state index contributed by atoms with van der Waals surface area (Å²) in [5, 5.41) is 9.19. The number of nitrogens with zero attached hydrogens (tertiary/aromatic N) is 2. The molecular weight excluding hydrogens is 475 g/mol. The van der Waals surface area contributed by atoms with Gasteiger partial charge in [0.1, 0.15) is 23.9 Å². The maximum Gasteiger partial charge on any atom is 0.573 e. The summed E-state index contributed by atoms with van der Waals surface area (Å²) in [6.07, 6.45) is -1.48. The van der Waals surface area contributed by atoms with Gasteiger partial charge in [-0.15, -0.1) is 13.2 Å². The van der Waals surface area contributed by atoms with Gasteiger partial charge in [0, 0.05) is 17.3 Å². The number of carboxylic acid groups (broad SMARTS) is 1. The SMILES string of the molecule is CC(C)(COc1ccc(-c2ccc(-c3ncc(-c4ccc(OC(F)(F)F)cc4)[nH]3)cn2)cc1)C(=O)O. The zero-order valence-corrected chi connectivity index (χ0v) is 19.3. The van der Waals surface area contributed by atoms with Crippen LogP contribution in [0.15, 0.2) is 73.1 Å². The van der Waals surface area contributed by atoms with Crippen molar-refractivity contribution in [3.8, 4) is 45.4 Å². The van der Waals surface area contributed by atoms with Gasteiger partial charge in [0.25, 0.3) is 0 Å². The standard InChI is InChI=1S/C26H22F3N3O4/c1-25(2,24(33)34)15-35-19-8-3-16(4-9-19)21-12-7-18(13-30-21)23-31-14-22(32-23)17-5-10-20(11-6-17)36-26(27,28)29/h3-14H,15H2,1-2H3,(H,31,32)(H,33,34). The van der Waals surface area contributed by atoms with E-state index in [4.69, 9.17) is 4.74 Å². The molecule has 0 fully saturated rings. The Labute approximate surface area is 204 Å². The lowest BCUT2D eigenvalue weighted by Crippen LogP contribution is -2.30. The molecule has 0 atom stereocenters. The van der Waals surface area contributed by atoms with Crippen molar-refractivity contribution in [2.45, 2.75) is 20.2 Å². The van der Waals surface area contributed by atoms with Gasteiger partial charge in [0.15, 0.2) is 0 Å². The highest BCUT2D eigenvalue weighted by molar-refractivity contribution is 5.73. The second-order valence-electron chi connectivity index (χ2n) is 8.65. The van der Waals surface area contributed by atoms with Crippen molar-refractivity contribution in [3.05, 3.63) is 73.1 Å². The van der Waals surface area contributed by atoms with Crippen molar-refractivity contribution in [3.63, 3.8) is 0 Å². The quantitative estimate of drug-likeness (QED) is 0.301. The fraction of sp³-hybridized carbons (Fsp3) is 0.192. The van der Waals surface area contributed by atoms with Gasteiger partial charge in [-0.05, 0) is 80.1 Å². The van der Waals surface area contributed by atoms with Gasteiger partial charge in [0.05, 0.1) is 23.0 Å². The number of aromatic amines is 1. The first-order chi connectivity index (χ1) is 17.0. The number of carbonyl (C=O) groups is 1. The summed E-state index contributed by atoms with van der Waals surface area (Å²) in [4.78, 5) is 23.2. The van der Waals surface area contributed by atoms with Crippen LogP contribution in [0.5, 0.6) is 11.5 Å². The summed E-state index contributed by atoms with van der Waals surface area (Å²) in [6.45, 7) is 3.24. The lowest BCUT2D eigenvalue weighted by Gasteiger charge is -2.19. The Morgan fingerprint density at radius 3 is 2.06 bits per heavy atom. The Hall–Kier alpha value is -4.34. The van der Waals surface area contributed by atoms with E-state index in [9.17, 15) is 23.1 Å². The molecule has 0 saturated carbocycles. The van der Waals surface area contributed by atoms with E-state index in [1.807, 2.05) is 24.3 Å². The smallest absolute Gasteiger partial charge is 0.492 e. The lowest BCUT2D eigenvalue weighted by molar-refractivity contribution is -0.274. The summed E-state index contributed by atoms with van der Waals surface area (Å²) in [5.74, 6) is -0.106. The molecule has 36 heavy (non-hydrogen) atoms. The van der Waals surface area contributed by atoms with Gasteiger partial charge in [-0.2, -0.15) is 0 Å². The number of halogens is 3. The predicted molar refractivity (Wildman–Crippen MR) is 126 cm³/mol. The van der Waals surface area contributed by atoms with E-state index in [0.29, 0.717) is 22.8 Å². The van der Waals surface area contributed by atoms with Crippen molar-refractivity contribution >= 4 is 5.97 Å². The third kappa shape index (κ3) is 6.01. The van der Waals surface area contributed by atoms with Gasteiger partial charge in [0.2, 0.25) is 0 Å². The molecule has 4 aromatic rings. The molecule has 2 aromatic carbocycles. The van der Waals surface area contributed by atoms with E-state index in [1.54, 1.807) is 38.4 Å². The fourth-order valence-corrected chi connectivity index (χ4v) is 3.20. The van der Waals surface area contributed by atoms with Crippen LogP contribution < -0.4 is 9.47 Å². The van der Waals surface area contributed by atoms with Gasteiger partial charge >= 0.3 is 12.3 Å². The van der Waals surface area contributed by atoms with Crippen LogP contribution in [0.3, 0.4) is 0 Å². The van der Waals surface area contributed by atoms with Crippen LogP contribution in [-0.2, 0) is 4.79 Å². The summed E-state index contributed by atoms with van der Waals surface area (Å²) in [7, 11) is 0. The number of nitrogens with one attached hydrogen (secondary N) is 1. The van der Waals surface area contributed by atoms with Crippen molar-refractivity contribution in [2.24, 2.45) is 5.41 Å². The van der Waals surface area contributed by atoms with E-state index in [-0.39, 0.29) is 12.4 Å². The number of aliphatic carboxylic acids is 1.